The third kappa shape index (κ3) is 4.28. The zero-order valence-electron chi connectivity index (χ0n) is 14.3. The number of hydrogen-bond donors (Lipinski definition) is 1. The highest BCUT2D eigenvalue weighted by molar-refractivity contribution is 5.77. The SMILES string of the molecule is CCCCCc1c(N)cc(C#N)n1CC(=O)N1CCC[C@@H](C)C1. The summed E-state index contributed by atoms with van der Waals surface area (Å²) < 4.78 is 1.83. The summed E-state index contributed by atoms with van der Waals surface area (Å²) >= 11 is 0. The van der Waals surface area contributed by atoms with Crippen molar-refractivity contribution >= 4 is 11.6 Å². The lowest BCUT2D eigenvalue weighted by Crippen LogP contribution is -2.41. The van der Waals surface area contributed by atoms with Crippen molar-refractivity contribution in [3.8, 4) is 6.07 Å². The maximum atomic E-state index is 12.6. The Bertz CT molecular complexity index is 585. The van der Waals surface area contributed by atoms with Gasteiger partial charge in [0.1, 0.15) is 18.3 Å². The van der Waals surface area contributed by atoms with Crippen LogP contribution in [-0.4, -0.2) is 28.5 Å². The molecule has 5 heteroatoms. The smallest absolute Gasteiger partial charge is 0.242 e. The minimum Gasteiger partial charge on any atom is -0.397 e. The summed E-state index contributed by atoms with van der Waals surface area (Å²) in [5, 5.41) is 9.34. The first-order valence-corrected chi connectivity index (χ1v) is 8.72. The van der Waals surface area contributed by atoms with E-state index in [0.717, 1.165) is 50.9 Å². The molecule has 1 fully saturated rings. The molecule has 0 radical (unpaired) electrons. The zero-order valence-corrected chi connectivity index (χ0v) is 14.3. The van der Waals surface area contributed by atoms with Crippen LogP contribution >= 0.6 is 0 Å². The van der Waals surface area contributed by atoms with Crippen molar-refractivity contribution in [1.82, 2.24) is 9.47 Å². The molecule has 1 saturated heterocycles. The number of hydrogen-bond acceptors (Lipinski definition) is 3. The summed E-state index contributed by atoms with van der Waals surface area (Å²) in [5.74, 6) is 0.655. The van der Waals surface area contributed by atoms with E-state index < -0.39 is 0 Å². The minimum atomic E-state index is 0.0976. The number of rotatable bonds is 6. The number of anilines is 1. The molecule has 2 rings (SSSR count). The molecule has 0 aliphatic carbocycles. The van der Waals surface area contributed by atoms with E-state index in [4.69, 9.17) is 5.73 Å². The number of nitriles is 1. The number of nitrogens with two attached hydrogens (primary N) is 1. The maximum Gasteiger partial charge on any atom is 0.242 e. The predicted octanol–water partition coefficient (Wildman–Crippen LogP) is 2.93. The van der Waals surface area contributed by atoms with Crippen molar-refractivity contribution in [3.05, 3.63) is 17.5 Å². The van der Waals surface area contributed by atoms with Crippen molar-refractivity contribution in [2.45, 2.75) is 58.9 Å². The van der Waals surface area contributed by atoms with Crippen molar-refractivity contribution < 1.29 is 4.79 Å². The number of likely N-dealkylation sites (tertiary alicyclic amines) is 1. The van der Waals surface area contributed by atoms with E-state index in [9.17, 15) is 10.1 Å². The van der Waals surface area contributed by atoms with E-state index in [2.05, 4.69) is 19.9 Å². The van der Waals surface area contributed by atoms with E-state index in [1.54, 1.807) is 6.07 Å². The van der Waals surface area contributed by atoms with Crippen LogP contribution in [0.4, 0.5) is 5.69 Å². The topological polar surface area (TPSA) is 75.0 Å². The Kier molecular flexibility index (Phi) is 6.09. The number of carbonyl (C=O) groups excluding carboxylic acids is 1. The molecule has 1 aliphatic rings. The van der Waals surface area contributed by atoms with Crippen LogP contribution in [0.25, 0.3) is 0 Å². The number of unbranched alkanes of at least 4 members (excludes halogenated alkanes) is 2. The zero-order chi connectivity index (χ0) is 16.8. The molecule has 0 bridgehead atoms. The van der Waals surface area contributed by atoms with Gasteiger partial charge in [0.2, 0.25) is 5.91 Å². The van der Waals surface area contributed by atoms with Gasteiger partial charge in [-0.25, -0.2) is 0 Å². The van der Waals surface area contributed by atoms with Gasteiger partial charge in [-0.05, 0) is 37.7 Å². The van der Waals surface area contributed by atoms with E-state index in [1.165, 1.54) is 6.42 Å². The van der Waals surface area contributed by atoms with Crippen LogP contribution < -0.4 is 5.73 Å². The van der Waals surface area contributed by atoms with Crippen molar-refractivity contribution in [2.75, 3.05) is 18.8 Å². The summed E-state index contributed by atoms with van der Waals surface area (Å²) in [5.41, 5.74) is 8.15. The van der Waals surface area contributed by atoms with Gasteiger partial charge in [0, 0.05) is 18.8 Å². The van der Waals surface area contributed by atoms with Gasteiger partial charge in [-0.3, -0.25) is 4.79 Å². The van der Waals surface area contributed by atoms with Crippen LogP contribution in [0.3, 0.4) is 0 Å². The number of nitrogen functional groups attached to an aromatic ring is 1. The highest BCUT2D eigenvalue weighted by Gasteiger charge is 2.23. The molecule has 1 aromatic heterocycles. The van der Waals surface area contributed by atoms with Gasteiger partial charge in [0.25, 0.3) is 0 Å². The Hall–Kier alpha value is -1.96. The first-order valence-electron chi connectivity index (χ1n) is 8.72. The average Bonchev–Trinajstić information content (AvgIpc) is 2.83. The summed E-state index contributed by atoms with van der Waals surface area (Å²) in [7, 11) is 0. The molecule has 0 unspecified atom stereocenters. The molecular formula is C18H28N4O. The van der Waals surface area contributed by atoms with Gasteiger partial charge in [-0.15, -0.1) is 0 Å². The number of amides is 1. The van der Waals surface area contributed by atoms with E-state index in [1.807, 2.05) is 9.47 Å². The lowest BCUT2D eigenvalue weighted by molar-refractivity contribution is -0.133. The Morgan fingerprint density at radius 1 is 1.48 bits per heavy atom. The lowest BCUT2D eigenvalue weighted by Gasteiger charge is -2.31. The first kappa shape index (κ1) is 17.4. The standard InChI is InChI=1S/C18H28N4O/c1-3-4-5-8-17-16(20)10-15(11-19)22(17)13-18(23)21-9-6-7-14(2)12-21/h10,14H,3-9,12-13,20H2,1-2H3/t14-/m1/s1. The van der Waals surface area contributed by atoms with Crippen molar-refractivity contribution in [2.24, 2.45) is 5.92 Å². The molecule has 23 heavy (non-hydrogen) atoms. The van der Waals surface area contributed by atoms with Crippen LogP contribution in [0.15, 0.2) is 6.07 Å². The molecule has 2 heterocycles. The summed E-state index contributed by atoms with van der Waals surface area (Å²) in [6.07, 6.45) is 6.37. The Balaban J connectivity index is 2.13. The summed E-state index contributed by atoms with van der Waals surface area (Å²) in [4.78, 5) is 14.6. The number of aromatic nitrogens is 1. The third-order valence-electron chi connectivity index (χ3n) is 4.68. The monoisotopic (exact) mass is 316 g/mol. The molecular weight excluding hydrogens is 288 g/mol. The normalized spacial score (nSPS) is 18.0. The van der Waals surface area contributed by atoms with Gasteiger partial charge in [-0.1, -0.05) is 26.7 Å². The van der Waals surface area contributed by atoms with Gasteiger partial charge < -0.3 is 15.2 Å². The largest absolute Gasteiger partial charge is 0.397 e. The molecule has 1 aliphatic heterocycles. The minimum absolute atomic E-state index is 0.0976. The fourth-order valence-electron chi connectivity index (χ4n) is 3.36. The van der Waals surface area contributed by atoms with Crippen LogP contribution in [0.2, 0.25) is 0 Å². The first-order chi connectivity index (χ1) is 11.1. The maximum absolute atomic E-state index is 12.6. The van der Waals surface area contributed by atoms with Gasteiger partial charge >= 0.3 is 0 Å². The van der Waals surface area contributed by atoms with E-state index >= 15 is 0 Å². The van der Waals surface area contributed by atoms with Crippen molar-refractivity contribution in [1.29, 1.82) is 5.26 Å². The fourth-order valence-corrected chi connectivity index (χ4v) is 3.36. The number of nitrogens with zero attached hydrogens (tertiary/aromatic N) is 3. The van der Waals surface area contributed by atoms with E-state index in [-0.39, 0.29) is 12.5 Å². The molecule has 0 spiro atoms. The van der Waals surface area contributed by atoms with Gasteiger partial charge in [-0.2, -0.15) is 5.26 Å². The lowest BCUT2D eigenvalue weighted by atomic mass is 10.0. The highest BCUT2D eigenvalue weighted by Crippen LogP contribution is 2.22. The van der Waals surface area contributed by atoms with Gasteiger partial charge in [0.05, 0.1) is 5.69 Å². The molecule has 0 saturated carbocycles. The van der Waals surface area contributed by atoms with Crippen LogP contribution in [0.5, 0.6) is 0 Å². The molecule has 1 aromatic rings. The Morgan fingerprint density at radius 3 is 2.91 bits per heavy atom. The second kappa shape index (κ2) is 8.05. The van der Waals surface area contributed by atoms with Gasteiger partial charge in [0.15, 0.2) is 0 Å². The van der Waals surface area contributed by atoms with E-state index in [0.29, 0.717) is 17.3 Å². The number of carbonyl (C=O) groups is 1. The molecule has 5 nitrogen and oxygen atoms in total. The van der Waals surface area contributed by atoms with Crippen molar-refractivity contribution in [3.63, 3.8) is 0 Å². The van der Waals surface area contributed by atoms with Crippen LogP contribution in [0.1, 0.15) is 57.3 Å². The van der Waals surface area contributed by atoms with Crippen LogP contribution in [0, 0.1) is 17.2 Å². The predicted molar refractivity (Wildman–Crippen MR) is 91.8 cm³/mol. The second-order valence-electron chi connectivity index (χ2n) is 6.67. The quantitative estimate of drug-likeness (QED) is 0.820. The highest BCUT2D eigenvalue weighted by atomic mass is 16.2. The molecule has 0 aromatic carbocycles. The third-order valence-corrected chi connectivity index (χ3v) is 4.68. The fraction of sp³-hybridized carbons (Fsp3) is 0.667. The number of piperidine rings is 1. The Morgan fingerprint density at radius 2 is 2.26 bits per heavy atom. The molecule has 1 atom stereocenters. The average molecular weight is 316 g/mol. The molecule has 126 valence electrons. The van der Waals surface area contributed by atoms with Crippen LogP contribution in [-0.2, 0) is 17.8 Å². The molecule has 1 amide bonds. The second-order valence-corrected chi connectivity index (χ2v) is 6.67. The molecule has 2 N–H and O–H groups in total. The Labute approximate surface area is 139 Å². The summed E-state index contributed by atoms with van der Waals surface area (Å²) in [6.45, 7) is 6.22. The summed E-state index contributed by atoms with van der Waals surface area (Å²) in [6, 6.07) is 3.88.